The van der Waals surface area contributed by atoms with Crippen LogP contribution in [-0.4, -0.2) is 48.5 Å². The van der Waals surface area contributed by atoms with E-state index in [9.17, 15) is 9.59 Å². The number of carbonyl (C=O) groups excluding carboxylic acids is 2. The van der Waals surface area contributed by atoms with E-state index >= 15 is 0 Å². The zero-order chi connectivity index (χ0) is 21.5. The molecule has 6 nitrogen and oxygen atoms in total. The Bertz CT molecular complexity index is 728. The van der Waals surface area contributed by atoms with Gasteiger partial charge in [-0.05, 0) is 57.7 Å². The van der Waals surface area contributed by atoms with E-state index in [0.717, 1.165) is 18.5 Å². The lowest BCUT2D eigenvalue weighted by Gasteiger charge is -2.37. The lowest BCUT2D eigenvalue weighted by Crippen LogP contribution is -2.43. The third-order valence-corrected chi connectivity index (χ3v) is 6.26. The van der Waals surface area contributed by atoms with E-state index in [1.165, 1.54) is 32.1 Å². The van der Waals surface area contributed by atoms with Crippen LogP contribution < -0.4 is 15.4 Å². The molecule has 1 saturated carbocycles. The molecule has 30 heavy (non-hydrogen) atoms. The van der Waals surface area contributed by atoms with Gasteiger partial charge in [0.05, 0.1) is 11.6 Å². The van der Waals surface area contributed by atoms with Crippen LogP contribution in [0.3, 0.4) is 0 Å². The number of carbonyl (C=O) groups is 2. The Balaban J connectivity index is 1.41. The van der Waals surface area contributed by atoms with Gasteiger partial charge < -0.3 is 15.4 Å². The van der Waals surface area contributed by atoms with Crippen molar-refractivity contribution in [2.24, 2.45) is 5.92 Å². The Morgan fingerprint density at radius 3 is 2.77 bits per heavy atom. The Morgan fingerprint density at radius 2 is 2.03 bits per heavy atom. The number of nitrogens with one attached hydrogen (secondary N) is 2. The fraction of sp³-hybridized carbons (Fsp3) is 0.667. The van der Waals surface area contributed by atoms with Crippen molar-refractivity contribution in [3.63, 3.8) is 0 Å². The number of hydrogen-bond donors (Lipinski definition) is 2. The number of amides is 2. The summed E-state index contributed by atoms with van der Waals surface area (Å²) in [7, 11) is 0. The third kappa shape index (κ3) is 6.21. The highest BCUT2D eigenvalue weighted by Gasteiger charge is 2.27. The second-order valence-corrected chi connectivity index (χ2v) is 9.03. The van der Waals surface area contributed by atoms with Crippen molar-refractivity contribution in [2.45, 2.75) is 77.8 Å². The normalized spacial score (nSPS) is 19.8. The number of aryl methyl sites for hydroxylation is 1. The maximum absolute atomic E-state index is 12.5. The summed E-state index contributed by atoms with van der Waals surface area (Å²) in [6, 6.07) is 6.90. The first-order valence-corrected chi connectivity index (χ1v) is 11.5. The molecule has 3 rings (SSSR count). The van der Waals surface area contributed by atoms with E-state index in [0.29, 0.717) is 30.1 Å². The largest absolute Gasteiger partial charge is 0.491 e. The molecule has 1 aliphatic carbocycles. The van der Waals surface area contributed by atoms with Crippen molar-refractivity contribution in [2.75, 3.05) is 25.0 Å². The number of benzene rings is 1. The maximum Gasteiger partial charge on any atom is 0.231 e. The summed E-state index contributed by atoms with van der Waals surface area (Å²) in [6.45, 7) is 8.37. The molecule has 1 aromatic rings. The number of anilines is 1. The van der Waals surface area contributed by atoms with Crippen LogP contribution in [0.25, 0.3) is 0 Å². The van der Waals surface area contributed by atoms with Gasteiger partial charge in [-0.2, -0.15) is 0 Å². The van der Waals surface area contributed by atoms with Gasteiger partial charge in [-0.25, -0.2) is 0 Å². The summed E-state index contributed by atoms with van der Waals surface area (Å²) in [6.07, 6.45) is 7.70. The molecule has 1 heterocycles. The first-order valence-electron chi connectivity index (χ1n) is 11.5. The van der Waals surface area contributed by atoms with Crippen LogP contribution in [0, 0.1) is 12.8 Å². The van der Waals surface area contributed by atoms with Crippen LogP contribution >= 0.6 is 0 Å². The van der Waals surface area contributed by atoms with Gasteiger partial charge in [0, 0.05) is 31.6 Å². The molecule has 1 aliphatic heterocycles. The van der Waals surface area contributed by atoms with Gasteiger partial charge in [0.25, 0.3) is 0 Å². The van der Waals surface area contributed by atoms with Crippen molar-refractivity contribution in [1.29, 1.82) is 0 Å². The molecule has 0 radical (unpaired) electrons. The van der Waals surface area contributed by atoms with E-state index in [2.05, 4.69) is 29.4 Å². The van der Waals surface area contributed by atoms with Crippen molar-refractivity contribution >= 4 is 17.5 Å². The monoisotopic (exact) mass is 415 g/mol. The van der Waals surface area contributed by atoms with E-state index in [1.54, 1.807) is 0 Å². The van der Waals surface area contributed by atoms with Gasteiger partial charge in [-0.15, -0.1) is 0 Å². The topological polar surface area (TPSA) is 70.7 Å². The second kappa shape index (κ2) is 10.8. The quantitative estimate of drug-likeness (QED) is 0.632. The average Bonchev–Trinajstić information content (AvgIpc) is 2.87. The van der Waals surface area contributed by atoms with Crippen molar-refractivity contribution in [3.05, 3.63) is 23.8 Å². The molecule has 6 heteroatoms. The van der Waals surface area contributed by atoms with E-state index in [-0.39, 0.29) is 24.8 Å². The molecule has 2 amide bonds. The number of hydrogen-bond acceptors (Lipinski definition) is 4. The summed E-state index contributed by atoms with van der Waals surface area (Å²) in [5.41, 5.74) is 1.74. The molecular formula is C24H37N3O3. The van der Waals surface area contributed by atoms with Crippen LogP contribution in [-0.2, 0) is 9.59 Å². The molecular weight excluding hydrogens is 378 g/mol. The highest BCUT2D eigenvalue weighted by molar-refractivity contribution is 5.97. The smallest absolute Gasteiger partial charge is 0.231 e. The molecule has 1 aromatic carbocycles. The number of rotatable bonds is 8. The van der Waals surface area contributed by atoms with Crippen LogP contribution in [0.15, 0.2) is 18.2 Å². The third-order valence-electron chi connectivity index (χ3n) is 6.26. The van der Waals surface area contributed by atoms with Crippen molar-refractivity contribution in [3.8, 4) is 5.75 Å². The first-order chi connectivity index (χ1) is 14.4. The Kier molecular flexibility index (Phi) is 8.14. The van der Waals surface area contributed by atoms with Gasteiger partial charge in [0.15, 0.2) is 0 Å². The molecule has 0 bridgehead atoms. The van der Waals surface area contributed by atoms with Gasteiger partial charge in [-0.1, -0.05) is 25.3 Å². The van der Waals surface area contributed by atoms with E-state index in [1.807, 2.05) is 25.1 Å². The molecule has 1 fully saturated rings. The minimum Gasteiger partial charge on any atom is -0.491 e. The summed E-state index contributed by atoms with van der Waals surface area (Å²) in [5, 5.41) is 5.88. The molecule has 0 spiro atoms. The summed E-state index contributed by atoms with van der Waals surface area (Å²) >= 11 is 0. The fourth-order valence-electron chi connectivity index (χ4n) is 4.57. The van der Waals surface area contributed by atoms with Gasteiger partial charge in [-0.3, -0.25) is 14.5 Å². The first kappa shape index (κ1) is 22.6. The van der Waals surface area contributed by atoms with Crippen molar-refractivity contribution in [1.82, 2.24) is 10.2 Å². The minimum atomic E-state index is -0.480. The Labute approximate surface area is 180 Å². The van der Waals surface area contributed by atoms with E-state index in [4.69, 9.17) is 4.74 Å². The predicted octanol–water partition coefficient (Wildman–Crippen LogP) is 3.88. The summed E-state index contributed by atoms with van der Waals surface area (Å²) in [4.78, 5) is 27.5. The van der Waals surface area contributed by atoms with Crippen molar-refractivity contribution < 1.29 is 14.3 Å². The number of fused-ring (bicyclic) bond motifs is 1. The summed E-state index contributed by atoms with van der Waals surface area (Å²) < 4.78 is 5.79. The van der Waals surface area contributed by atoms with E-state index < -0.39 is 5.92 Å². The molecule has 1 atom stereocenters. The highest BCUT2D eigenvalue weighted by atomic mass is 16.5. The standard InChI is InChI=1S/C24H37N3O3/c1-17(2)27(20-8-5-4-6-9-20)13-7-12-25-23(28)15-19-16-30-22-14-18(3)10-11-21(22)26-24(19)29/h10-11,14,17,19-20H,4-9,12-13,15-16H2,1-3H3,(H,25,28)(H,26,29). The molecule has 166 valence electrons. The minimum absolute atomic E-state index is 0.0883. The lowest BCUT2D eigenvalue weighted by atomic mass is 9.93. The van der Waals surface area contributed by atoms with Crippen LogP contribution in [0.1, 0.15) is 64.4 Å². The number of ether oxygens (including phenoxy) is 1. The predicted molar refractivity (Wildman–Crippen MR) is 120 cm³/mol. The average molecular weight is 416 g/mol. The Morgan fingerprint density at radius 1 is 1.27 bits per heavy atom. The second-order valence-electron chi connectivity index (χ2n) is 9.03. The van der Waals surface area contributed by atoms with Crippen LogP contribution in [0.2, 0.25) is 0 Å². The maximum atomic E-state index is 12.5. The molecule has 2 aliphatic rings. The van der Waals surface area contributed by atoms with Crippen LogP contribution in [0.4, 0.5) is 5.69 Å². The highest BCUT2D eigenvalue weighted by Crippen LogP contribution is 2.29. The van der Waals surface area contributed by atoms with Crippen LogP contribution in [0.5, 0.6) is 5.75 Å². The SMILES string of the molecule is Cc1ccc2c(c1)OCC(CC(=O)NCCCN(C(C)C)C1CCCCC1)C(=O)N2. The number of nitrogens with zero attached hydrogens (tertiary/aromatic N) is 1. The lowest BCUT2D eigenvalue weighted by molar-refractivity contribution is -0.128. The zero-order valence-electron chi connectivity index (χ0n) is 18.7. The molecule has 0 saturated heterocycles. The van der Waals surface area contributed by atoms with Gasteiger partial charge in [0.1, 0.15) is 12.4 Å². The Hall–Kier alpha value is -2.08. The zero-order valence-corrected chi connectivity index (χ0v) is 18.7. The van der Waals surface area contributed by atoms with Gasteiger partial charge >= 0.3 is 0 Å². The molecule has 2 N–H and O–H groups in total. The summed E-state index contributed by atoms with van der Waals surface area (Å²) in [5.74, 6) is -0.0551. The van der Waals surface area contributed by atoms with Gasteiger partial charge in [0.2, 0.25) is 11.8 Å². The fourth-order valence-corrected chi connectivity index (χ4v) is 4.57. The molecule has 1 unspecified atom stereocenters. The molecule has 0 aromatic heterocycles.